The number of hydrogen-bond donors (Lipinski definition) is 0. The van der Waals surface area contributed by atoms with Crippen LogP contribution in [0.1, 0.15) is 46.2 Å². The smallest absolute Gasteiger partial charge is 0.145 e. The van der Waals surface area contributed by atoms with Gasteiger partial charge in [-0.1, -0.05) is 243 Å². The third-order valence-electron chi connectivity index (χ3n) is 14.9. The van der Waals surface area contributed by atoms with Gasteiger partial charge in [-0.3, -0.25) is 24.5 Å². The summed E-state index contributed by atoms with van der Waals surface area (Å²) in [5, 5.41) is 2.57. The van der Waals surface area contributed by atoms with Crippen LogP contribution in [0.25, 0.3) is 38.9 Å². The van der Waals surface area contributed by atoms with Crippen molar-refractivity contribution in [3.63, 3.8) is 0 Å². The van der Waals surface area contributed by atoms with E-state index in [2.05, 4.69) is 247 Å². The first-order chi connectivity index (χ1) is 42.7. The number of allylic oxidation sites excluding steroid dienone is 5. The Labute approximate surface area is 502 Å². The number of aromatic nitrogens is 5. The van der Waals surface area contributed by atoms with E-state index in [4.69, 9.17) is 9.98 Å². The van der Waals surface area contributed by atoms with Crippen LogP contribution in [0.3, 0.4) is 0 Å². The van der Waals surface area contributed by atoms with Crippen molar-refractivity contribution in [2.75, 3.05) is 0 Å². The maximum absolute atomic E-state index is 4.82. The topological polar surface area (TPSA) is 106 Å². The number of aliphatic imine (C=N–C) groups is 4. The van der Waals surface area contributed by atoms with Crippen molar-refractivity contribution in [1.29, 1.82) is 0 Å². The molecular formula is C77H61N9. The van der Waals surface area contributed by atoms with Crippen molar-refractivity contribution in [1.82, 2.24) is 24.5 Å². The van der Waals surface area contributed by atoms with E-state index < -0.39 is 0 Å². The standard InChI is InChI=1S/C19H14N2.C18H13N.C14H11N.C13H11N.C10H9N.C3H3N3/c1-3-9-15(10-4-1)19-20-17-13-7-8-14-18(17)21(19)16-11-5-2-6-12-16;1-3-9-15-13(6-1)8-5-10-16(15)18-12-14-7-2-4-11-17(14)19-18;1-2-6-11(7-3-1)14-10-12-8-4-5-9-13(12)15-14;1-2-6-10(5-1)13-9-11-7-3-4-8-12(11)14-13;1-2-5-9(6-3-1)10-7-4-8-11-10;1-4-2-6-3-5-1/h1-14H;1-11H,12H2;1-9H,10H2;1-5,7-8H,6,9H2;1-6,8H,7H2;1-3H. The molecule has 0 radical (unpaired) electrons. The molecule has 0 saturated heterocycles. The van der Waals surface area contributed by atoms with Crippen molar-refractivity contribution >= 4 is 61.7 Å². The SMILES string of the molecule is C1=CCC(C2=Nc3ccccc3C2)=C1.C1=CN=C(c2ccccc2)C1.c1ccc(-c2nc3ccccc3n2-c2ccccc2)cc1.c1ccc(C2=Nc3ccccc3C2)cc1.c1ccc2c(c1)CC(c1cccc3ccccc13)=N2.c1ncncn1. The number of fused-ring (bicyclic) bond motifs is 5. The molecule has 10 aromatic carbocycles. The van der Waals surface area contributed by atoms with Gasteiger partial charge in [0.2, 0.25) is 0 Å². The summed E-state index contributed by atoms with van der Waals surface area (Å²) in [5.41, 5.74) is 21.7. The molecular weight excluding hydrogens is 1050 g/mol. The highest BCUT2D eigenvalue weighted by atomic mass is 15.1. The predicted molar refractivity (Wildman–Crippen MR) is 355 cm³/mol. The van der Waals surface area contributed by atoms with E-state index in [1.165, 1.54) is 91.6 Å². The molecule has 414 valence electrons. The first kappa shape index (κ1) is 55.4. The van der Waals surface area contributed by atoms with Crippen LogP contribution < -0.4 is 0 Å². The van der Waals surface area contributed by atoms with Gasteiger partial charge in [0.1, 0.15) is 24.8 Å². The summed E-state index contributed by atoms with van der Waals surface area (Å²) in [6.45, 7) is 0. The number of nitrogens with zero attached hydrogens (tertiary/aromatic N) is 9. The molecule has 17 rings (SSSR count). The van der Waals surface area contributed by atoms with Gasteiger partial charge in [0, 0.05) is 54.4 Å². The normalized spacial score (nSPS) is 13.4. The highest BCUT2D eigenvalue weighted by Crippen LogP contribution is 2.33. The maximum atomic E-state index is 4.82. The van der Waals surface area contributed by atoms with E-state index in [1.54, 1.807) is 0 Å². The number of rotatable bonds is 6. The largest absolute Gasteiger partial charge is 0.292 e. The van der Waals surface area contributed by atoms with E-state index in [-0.39, 0.29) is 0 Å². The molecule has 9 nitrogen and oxygen atoms in total. The van der Waals surface area contributed by atoms with Gasteiger partial charge < -0.3 is 0 Å². The van der Waals surface area contributed by atoms with Gasteiger partial charge in [0.05, 0.1) is 45.2 Å². The second-order valence-electron chi connectivity index (χ2n) is 20.6. The summed E-state index contributed by atoms with van der Waals surface area (Å²) in [4.78, 5) is 33.8. The first-order valence-electron chi connectivity index (χ1n) is 28.9. The van der Waals surface area contributed by atoms with Crippen LogP contribution in [0.5, 0.6) is 0 Å². The Balaban J connectivity index is 0.000000104. The van der Waals surface area contributed by atoms with Gasteiger partial charge in [-0.05, 0) is 93.0 Å². The van der Waals surface area contributed by atoms with Crippen molar-refractivity contribution in [3.8, 4) is 17.1 Å². The van der Waals surface area contributed by atoms with E-state index >= 15 is 0 Å². The second kappa shape index (κ2) is 27.7. The van der Waals surface area contributed by atoms with Gasteiger partial charge in [0.15, 0.2) is 0 Å². The average Bonchev–Trinajstić information content (AvgIpc) is 2.62. The van der Waals surface area contributed by atoms with E-state index in [0.29, 0.717) is 0 Å². The monoisotopic (exact) mass is 1110 g/mol. The maximum Gasteiger partial charge on any atom is 0.145 e. The van der Waals surface area contributed by atoms with E-state index in [9.17, 15) is 0 Å². The molecule has 6 heterocycles. The van der Waals surface area contributed by atoms with Crippen LogP contribution in [0, 0.1) is 0 Å². The minimum atomic E-state index is 0.935. The molecule has 0 bridgehead atoms. The van der Waals surface area contributed by atoms with Crippen LogP contribution in [0.2, 0.25) is 0 Å². The lowest BCUT2D eigenvalue weighted by atomic mass is 9.98. The third-order valence-corrected chi connectivity index (χ3v) is 14.9. The van der Waals surface area contributed by atoms with Crippen molar-refractivity contribution < 1.29 is 0 Å². The zero-order chi connectivity index (χ0) is 58.0. The summed E-state index contributed by atoms with van der Waals surface area (Å²) in [6.07, 6.45) is 19.6. The molecule has 0 spiro atoms. The Morgan fingerprint density at radius 1 is 0.360 bits per heavy atom. The number of benzene rings is 10. The van der Waals surface area contributed by atoms with Crippen LogP contribution in [-0.2, 0) is 19.3 Å². The molecule has 0 amide bonds. The number of hydrogen-bond acceptors (Lipinski definition) is 8. The quantitative estimate of drug-likeness (QED) is 0.165. The molecule has 5 aliphatic rings. The lowest BCUT2D eigenvalue weighted by molar-refractivity contribution is 1.05. The zero-order valence-corrected chi connectivity index (χ0v) is 47.5. The Morgan fingerprint density at radius 2 is 0.849 bits per heavy atom. The number of imidazole rings is 1. The second-order valence-corrected chi connectivity index (χ2v) is 20.6. The van der Waals surface area contributed by atoms with Crippen molar-refractivity contribution in [3.05, 3.63) is 349 Å². The Bertz CT molecular complexity index is 4430. The summed E-state index contributed by atoms with van der Waals surface area (Å²) in [6, 6.07) is 89.6. The molecule has 2 aromatic heterocycles. The molecule has 4 aliphatic heterocycles. The highest BCUT2D eigenvalue weighted by Gasteiger charge is 2.19. The summed E-state index contributed by atoms with van der Waals surface area (Å²) in [5.74, 6) is 0.975. The first-order valence-corrected chi connectivity index (χ1v) is 28.9. The van der Waals surface area contributed by atoms with Gasteiger partial charge in [-0.15, -0.1) is 0 Å². The minimum Gasteiger partial charge on any atom is -0.292 e. The Morgan fingerprint density at radius 3 is 1.43 bits per heavy atom. The summed E-state index contributed by atoms with van der Waals surface area (Å²) in [7, 11) is 0. The van der Waals surface area contributed by atoms with Crippen molar-refractivity contribution in [2.24, 2.45) is 20.0 Å². The van der Waals surface area contributed by atoms with Gasteiger partial charge in [-0.25, -0.2) is 19.9 Å². The fourth-order valence-corrected chi connectivity index (χ4v) is 10.7. The molecule has 0 fully saturated rings. The Hall–Kier alpha value is -11.2. The summed E-state index contributed by atoms with van der Waals surface area (Å²) < 4.78 is 2.21. The molecule has 0 unspecified atom stereocenters. The predicted octanol–water partition coefficient (Wildman–Crippen LogP) is 18.0. The van der Waals surface area contributed by atoms with Gasteiger partial charge >= 0.3 is 0 Å². The van der Waals surface area contributed by atoms with Crippen molar-refractivity contribution in [2.45, 2.75) is 32.1 Å². The summed E-state index contributed by atoms with van der Waals surface area (Å²) >= 11 is 0. The lowest BCUT2D eigenvalue weighted by Crippen LogP contribution is -2.01. The lowest BCUT2D eigenvalue weighted by Gasteiger charge is -2.09. The van der Waals surface area contributed by atoms with Crippen LogP contribution >= 0.6 is 0 Å². The van der Waals surface area contributed by atoms with E-state index in [1.807, 2.05) is 79.0 Å². The molecule has 0 N–H and O–H groups in total. The molecule has 0 atom stereocenters. The average molecular weight is 1110 g/mol. The fraction of sp³-hybridized carbons (Fsp3) is 0.0649. The molecule has 1 aliphatic carbocycles. The third kappa shape index (κ3) is 13.7. The fourth-order valence-electron chi connectivity index (χ4n) is 10.7. The minimum absolute atomic E-state index is 0.935. The van der Waals surface area contributed by atoms with Gasteiger partial charge in [0.25, 0.3) is 0 Å². The Kier molecular flexibility index (Phi) is 17.9. The molecule has 12 aromatic rings. The zero-order valence-electron chi connectivity index (χ0n) is 47.5. The van der Waals surface area contributed by atoms with Crippen LogP contribution in [0.15, 0.2) is 336 Å². The highest BCUT2D eigenvalue weighted by molar-refractivity contribution is 6.14. The molecule has 86 heavy (non-hydrogen) atoms. The van der Waals surface area contributed by atoms with Crippen LogP contribution in [-0.4, -0.2) is 47.3 Å². The molecule has 0 saturated carbocycles. The van der Waals surface area contributed by atoms with E-state index in [0.717, 1.165) is 77.3 Å². The number of para-hydroxylation sites is 6. The van der Waals surface area contributed by atoms with Gasteiger partial charge in [-0.2, -0.15) is 0 Å². The van der Waals surface area contributed by atoms with Crippen LogP contribution in [0.4, 0.5) is 17.1 Å². The molecule has 9 heteroatoms.